The number of nitrogens with one attached hydrogen (secondary N) is 2. The summed E-state index contributed by atoms with van der Waals surface area (Å²) in [6.07, 6.45) is 1.94. The normalized spacial score (nSPS) is 9.31. The summed E-state index contributed by atoms with van der Waals surface area (Å²) in [7, 11) is 0. The van der Waals surface area contributed by atoms with Crippen molar-refractivity contribution in [3.05, 3.63) is 28.8 Å². The quantitative estimate of drug-likeness (QED) is 0.571. The Kier molecular flexibility index (Phi) is 3.46. The fraction of sp³-hybridized carbons (Fsp3) is 0.111. The van der Waals surface area contributed by atoms with Crippen molar-refractivity contribution < 1.29 is 4.79 Å². The van der Waals surface area contributed by atoms with Crippen LogP contribution >= 0.6 is 11.6 Å². The highest BCUT2D eigenvalue weighted by Gasteiger charge is 2.02. The minimum absolute atomic E-state index is 0.199. The lowest BCUT2D eigenvalue weighted by molar-refractivity contribution is -0.106. The molecule has 1 aromatic carbocycles. The van der Waals surface area contributed by atoms with Gasteiger partial charge in [0.05, 0.1) is 17.3 Å². The van der Waals surface area contributed by atoms with E-state index in [1.165, 1.54) is 6.21 Å². The second-order valence-corrected chi connectivity index (χ2v) is 2.80. The van der Waals surface area contributed by atoms with Crippen LogP contribution in [-0.4, -0.2) is 19.0 Å². The van der Waals surface area contributed by atoms with Crippen LogP contribution in [0.3, 0.4) is 0 Å². The molecule has 0 fully saturated rings. The summed E-state index contributed by atoms with van der Waals surface area (Å²) in [5.74, 6) is 0. The van der Waals surface area contributed by atoms with E-state index in [9.17, 15) is 4.79 Å². The molecule has 0 heterocycles. The van der Waals surface area contributed by atoms with Crippen molar-refractivity contribution in [1.82, 2.24) is 0 Å². The maximum Gasteiger partial charge on any atom is 0.139 e. The molecule has 0 saturated carbocycles. The average molecular weight is 197 g/mol. The van der Waals surface area contributed by atoms with Gasteiger partial charge >= 0.3 is 0 Å². The number of benzene rings is 1. The zero-order valence-electron chi connectivity index (χ0n) is 6.88. The Hall–Kier alpha value is -1.35. The topological polar surface area (TPSA) is 53.0 Å². The Morgan fingerprint density at radius 1 is 1.54 bits per heavy atom. The number of aldehydes is 1. The van der Waals surface area contributed by atoms with Crippen molar-refractivity contribution in [2.45, 2.75) is 0 Å². The van der Waals surface area contributed by atoms with Gasteiger partial charge in [-0.15, -0.1) is 0 Å². The number of anilines is 1. The highest BCUT2D eigenvalue weighted by molar-refractivity contribution is 6.33. The molecule has 0 spiro atoms. The summed E-state index contributed by atoms with van der Waals surface area (Å²) >= 11 is 5.86. The Balaban J connectivity index is 2.99. The van der Waals surface area contributed by atoms with E-state index in [-0.39, 0.29) is 6.54 Å². The van der Waals surface area contributed by atoms with Crippen LogP contribution in [-0.2, 0) is 4.79 Å². The van der Waals surface area contributed by atoms with E-state index in [0.717, 1.165) is 6.29 Å². The predicted octanol–water partition coefficient (Wildman–Crippen LogP) is 1.95. The van der Waals surface area contributed by atoms with Crippen LogP contribution in [0.4, 0.5) is 5.69 Å². The van der Waals surface area contributed by atoms with Crippen LogP contribution in [0.2, 0.25) is 5.02 Å². The molecule has 0 bridgehead atoms. The fourth-order valence-corrected chi connectivity index (χ4v) is 1.24. The first kappa shape index (κ1) is 9.74. The van der Waals surface area contributed by atoms with Gasteiger partial charge in [-0.05, 0) is 6.07 Å². The predicted molar refractivity (Wildman–Crippen MR) is 53.9 cm³/mol. The first-order valence-corrected chi connectivity index (χ1v) is 4.14. The minimum Gasteiger partial charge on any atom is -0.377 e. The smallest absolute Gasteiger partial charge is 0.139 e. The molecule has 3 nitrogen and oxygen atoms in total. The third-order valence-electron chi connectivity index (χ3n) is 1.56. The third kappa shape index (κ3) is 2.29. The van der Waals surface area contributed by atoms with Crippen molar-refractivity contribution in [2.75, 3.05) is 11.9 Å². The summed E-state index contributed by atoms with van der Waals surface area (Å²) in [6, 6.07) is 5.22. The van der Waals surface area contributed by atoms with Gasteiger partial charge in [0.2, 0.25) is 0 Å². The van der Waals surface area contributed by atoms with Gasteiger partial charge in [0.1, 0.15) is 6.29 Å². The largest absolute Gasteiger partial charge is 0.377 e. The molecule has 0 aliphatic rings. The van der Waals surface area contributed by atoms with Crippen molar-refractivity contribution in [1.29, 1.82) is 5.41 Å². The molecule has 0 saturated heterocycles. The molecule has 0 unspecified atom stereocenters. The Morgan fingerprint density at radius 3 is 2.92 bits per heavy atom. The Labute approximate surface area is 81.2 Å². The SMILES string of the molecule is N=Cc1cccc(Cl)c1NCC=O. The summed E-state index contributed by atoms with van der Waals surface area (Å²) < 4.78 is 0. The van der Waals surface area contributed by atoms with Crippen LogP contribution in [0.1, 0.15) is 5.56 Å². The van der Waals surface area contributed by atoms with E-state index < -0.39 is 0 Å². The number of para-hydroxylation sites is 1. The van der Waals surface area contributed by atoms with Crippen molar-refractivity contribution in [3.8, 4) is 0 Å². The second kappa shape index (κ2) is 4.62. The number of rotatable bonds is 4. The molecule has 68 valence electrons. The summed E-state index contributed by atoms with van der Waals surface area (Å²) in [5, 5.41) is 10.5. The average Bonchev–Trinajstić information content (AvgIpc) is 2.15. The number of carbonyl (C=O) groups is 1. The van der Waals surface area contributed by atoms with Gasteiger partial charge < -0.3 is 15.5 Å². The number of carbonyl (C=O) groups excluding carboxylic acids is 1. The van der Waals surface area contributed by atoms with Gasteiger partial charge in [-0.1, -0.05) is 23.7 Å². The molecule has 2 N–H and O–H groups in total. The molecular weight excluding hydrogens is 188 g/mol. The first-order valence-electron chi connectivity index (χ1n) is 3.76. The lowest BCUT2D eigenvalue weighted by Gasteiger charge is -2.07. The maximum atomic E-state index is 10.1. The zero-order valence-corrected chi connectivity index (χ0v) is 7.64. The molecule has 0 aliphatic heterocycles. The lowest BCUT2D eigenvalue weighted by Crippen LogP contribution is -2.05. The zero-order chi connectivity index (χ0) is 9.68. The van der Waals surface area contributed by atoms with E-state index in [2.05, 4.69) is 5.32 Å². The Bertz CT molecular complexity index is 325. The highest BCUT2D eigenvalue weighted by Crippen LogP contribution is 2.24. The highest BCUT2D eigenvalue weighted by atomic mass is 35.5. The van der Waals surface area contributed by atoms with Gasteiger partial charge in [0, 0.05) is 11.8 Å². The molecular formula is C9H9ClN2O. The standard InChI is InChI=1S/C9H9ClN2O/c10-8-3-1-2-7(6-11)9(8)12-4-5-13/h1-3,5-6,11-12H,4H2. The second-order valence-electron chi connectivity index (χ2n) is 2.40. The molecule has 0 amide bonds. The maximum absolute atomic E-state index is 10.1. The number of hydrogen-bond acceptors (Lipinski definition) is 3. The van der Waals surface area contributed by atoms with Crippen molar-refractivity contribution >= 4 is 29.8 Å². The van der Waals surface area contributed by atoms with Gasteiger partial charge in [-0.3, -0.25) is 0 Å². The van der Waals surface area contributed by atoms with E-state index in [1.54, 1.807) is 18.2 Å². The van der Waals surface area contributed by atoms with E-state index in [4.69, 9.17) is 17.0 Å². The van der Waals surface area contributed by atoms with Crippen LogP contribution in [0.25, 0.3) is 0 Å². The van der Waals surface area contributed by atoms with Crippen molar-refractivity contribution in [3.63, 3.8) is 0 Å². The van der Waals surface area contributed by atoms with Gasteiger partial charge in [0.15, 0.2) is 0 Å². The van der Waals surface area contributed by atoms with Crippen LogP contribution in [0, 0.1) is 5.41 Å². The van der Waals surface area contributed by atoms with Crippen molar-refractivity contribution in [2.24, 2.45) is 0 Å². The third-order valence-corrected chi connectivity index (χ3v) is 1.88. The lowest BCUT2D eigenvalue weighted by atomic mass is 10.2. The molecule has 13 heavy (non-hydrogen) atoms. The van der Waals surface area contributed by atoms with Gasteiger partial charge in [-0.2, -0.15) is 0 Å². The number of halogens is 1. The monoisotopic (exact) mass is 196 g/mol. The molecule has 0 radical (unpaired) electrons. The van der Waals surface area contributed by atoms with E-state index in [0.29, 0.717) is 16.3 Å². The summed E-state index contributed by atoms with van der Waals surface area (Å²) in [6.45, 7) is 0.199. The molecule has 0 atom stereocenters. The van der Waals surface area contributed by atoms with E-state index >= 15 is 0 Å². The minimum atomic E-state index is 0.199. The van der Waals surface area contributed by atoms with Gasteiger partial charge in [0.25, 0.3) is 0 Å². The summed E-state index contributed by atoms with van der Waals surface area (Å²) in [4.78, 5) is 10.1. The van der Waals surface area contributed by atoms with Crippen LogP contribution in [0.5, 0.6) is 0 Å². The summed E-state index contributed by atoms with van der Waals surface area (Å²) in [5.41, 5.74) is 1.31. The fourth-order valence-electron chi connectivity index (χ4n) is 0.991. The van der Waals surface area contributed by atoms with Gasteiger partial charge in [-0.25, -0.2) is 0 Å². The molecule has 0 aliphatic carbocycles. The van der Waals surface area contributed by atoms with Crippen LogP contribution in [0.15, 0.2) is 18.2 Å². The molecule has 4 heteroatoms. The molecule has 1 aromatic rings. The number of hydrogen-bond donors (Lipinski definition) is 2. The van der Waals surface area contributed by atoms with E-state index in [1.807, 2.05) is 0 Å². The Morgan fingerprint density at radius 2 is 2.31 bits per heavy atom. The van der Waals surface area contributed by atoms with Crippen LogP contribution < -0.4 is 5.32 Å². The molecule has 1 rings (SSSR count). The first-order chi connectivity index (χ1) is 6.29. The molecule has 0 aromatic heterocycles.